The van der Waals surface area contributed by atoms with Gasteiger partial charge in [0.05, 0.1) is 12.5 Å². The second-order valence-electron chi connectivity index (χ2n) is 8.21. The van der Waals surface area contributed by atoms with Crippen LogP contribution in [0.3, 0.4) is 0 Å². The van der Waals surface area contributed by atoms with Crippen molar-refractivity contribution >= 4 is 23.5 Å². The number of hydrogen-bond donors (Lipinski definition) is 0. The summed E-state index contributed by atoms with van der Waals surface area (Å²) in [6, 6.07) is 40.5. The molecular formula is C36H44O2S2. The van der Waals surface area contributed by atoms with Gasteiger partial charge in [0.25, 0.3) is 0 Å². The van der Waals surface area contributed by atoms with Crippen molar-refractivity contribution < 1.29 is 9.47 Å². The summed E-state index contributed by atoms with van der Waals surface area (Å²) in [5.74, 6) is 0. The van der Waals surface area contributed by atoms with E-state index in [-0.39, 0.29) is 0 Å². The van der Waals surface area contributed by atoms with Gasteiger partial charge in [-0.25, -0.2) is 0 Å². The fourth-order valence-electron chi connectivity index (χ4n) is 4.53. The molecule has 0 aliphatic carbocycles. The summed E-state index contributed by atoms with van der Waals surface area (Å²) in [5, 5.41) is 0. The molecule has 2 nitrogen and oxygen atoms in total. The van der Waals surface area contributed by atoms with E-state index in [1.807, 2.05) is 112 Å². The summed E-state index contributed by atoms with van der Waals surface area (Å²) < 4.78 is 13.2. The highest BCUT2D eigenvalue weighted by molar-refractivity contribution is 7.98. The third kappa shape index (κ3) is 8.09. The highest BCUT2D eigenvalue weighted by atomic mass is 32.2. The molecule has 4 rings (SSSR count). The highest BCUT2D eigenvalue weighted by Crippen LogP contribution is 2.54. The second-order valence-corrected chi connectivity index (χ2v) is 9.84. The number of thioether (sulfide) groups is 2. The van der Waals surface area contributed by atoms with Crippen LogP contribution in [0, 0.1) is 0 Å². The fraction of sp³-hybridized carbons (Fsp3) is 0.222. The molecular weight excluding hydrogens is 529 g/mol. The molecule has 0 spiro atoms. The molecule has 0 radical (unpaired) electrons. The monoisotopic (exact) mass is 572 g/mol. The Balaban J connectivity index is 0.000000902. The lowest BCUT2D eigenvalue weighted by atomic mass is 9.66. The largest absolute Gasteiger partial charge is 0.481 e. The van der Waals surface area contributed by atoms with Crippen molar-refractivity contribution in [1.29, 1.82) is 0 Å². The molecule has 0 N–H and O–H groups in total. The van der Waals surface area contributed by atoms with Crippen molar-refractivity contribution in [3.8, 4) is 0 Å². The first-order chi connectivity index (χ1) is 19.6. The molecule has 0 bridgehead atoms. The van der Waals surface area contributed by atoms with E-state index in [0.29, 0.717) is 0 Å². The summed E-state index contributed by atoms with van der Waals surface area (Å²) in [6.45, 7) is 11.9. The summed E-state index contributed by atoms with van der Waals surface area (Å²) in [7, 11) is 0. The summed E-state index contributed by atoms with van der Waals surface area (Å²) in [5.41, 5.74) is 1.52. The zero-order chi connectivity index (χ0) is 29.7. The zero-order valence-corrected chi connectivity index (χ0v) is 26.4. The topological polar surface area (TPSA) is 18.5 Å². The van der Waals surface area contributed by atoms with E-state index in [0.717, 1.165) is 22.3 Å². The van der Waals surface area contributed by atoms with Gasteiger partial charge in [-0.05, 0) is 25.0 Å². The maximum atomic E-state index is 6.62. The minimum Gasteiger partial charge on any atom is -0.481 e. The van der Waals surface area contributed by atoms with Crippen molar-refractivity contribution in [3.63, 3.8) is 0 Å². The average Bonchev–Trinajstić information content (AvgIpc) is 3.02. The second kappa shape index (κ2) is 19.7. The Labute approximate surface area is 251 Å². The van der Waals surface area contributed by atoms with Crippen LogP contribution >= 0.6 is 23.5 Å². The van der Waals surface area contributed by atoms with Gasteiger partial charge in [0.2, 0.25) is 11.2 Å². The Morgan fingerprint density at radius 2 is 0.625 bits per heavy atom. The molecule has 0 heterocycles. The van der Waals surface area contributed by atoms with E-state index in [2.05, 4.69) is 61.7 Å². The Bertz CT molecular complexity index is 1000. The lowest BCUT2D eigenvalue weighted by Crippen LogP contribution is -2.53. The van der Waals surface area contributed by atoms with Gasteiger partial charge >= 0.3 is 0 Å². The van der Waals surface area contributed by atoms with Gasteiger partial charge < -0.3 is 9.47 Å². The van der Waals surface area contributed by atoms with Gasteiger partial charge in [-0.15, -0.1) is 0 Å². The van der Waals surface area contributed by atoms with E-state index in [9.17, 15) is 0 Å². The van der Waals surface area contributed by atoms with Crippen LogP contribution in [0.1, 0.15) is 36.1 Å². The Kier molecular flexibility index (Phi) is 17.1. The van der Waals surface area contributed by atoms with Gasteiger partial charge in [0.1, 0.15) is 0 Å². The molecule has 0 saturated carbocycles. The van der Waals surface area contributed by atoms with Crippen LogP contribution in [-0.2, 0) is 20.7 Å². The van der Waals surface area contributed by atoms with E-state index in [4.69, 9.17) is 9.47 Å². The Hall–Kier alpha value is -3.34. The fourth-order valence-corrected chi connectivity index (χ4v) is 4.53. The predicted molar refractivity (Wildman–Crippen MR) is 180 cm³/mol. The smallest absolute Gasteiger partial charge is 0.206 e. The van der Waals surface area contributed by atoms with Gasteiger partial charge in [-0.1, -0.05) is 148 Å². The van der Waals surface area contributed by atoms with Crippen LogP contribution in [0.15, 0.2) is 147 Å². The van der Waals surface area contributed by atoms with E-state index < -0.39 is 11.2 Å². The third-order valence-corrected chi connectivity index (χ3v) is 5.74. The maximum Gasteiger partial charge on any atom is 0.206 e. The summed E-state index contributed by atoms with van der Waals surface area (Å²) in [6.07, 6.45) is 11.2. The maximum absolute atomic E-state index is 6.62. The number of hydrogen-bond acceptors (Lipinski definition) is 4. The van der Waals surface area contributed by atoms with E-state index in [1.54, 1.807) is 23.5 Å². The van der Waals surface area contributed by atoms with Gasteiger partial charge in [-0.3, -0.25) is 0 Å². The lowest BCUT2D eigenvalue weighted by molar-refractivity contribution is -0.124. The van der Waals surface area contributed by atoms with Crippen LogP contribution in [0.2, 0.25) is 0 Å². The van der Waals surface area contributed by atoms with Gasteiger partial charge in [-0.2, -0.15) is 23.5 Å². The number of benzene rings is 4. The first-order valence-electron chi connectivity index (χ1n) is 13.2. The quantitative estimate of drug-likeness (QED) is 0.186. The summed E-state index contributed by atoms with van der Waals surface area (Å²) in [4.78, 5) is 0. The minimum atomic E-state index is -1.10. The van der Waals surface area contributed by atoms with Gasteiger partial charge in [0.15, 0.2) is 0 Å². The molecule has 0 aliphatic heterocycles. The first-order valence-corrected chi connectivity index (χ1v) is 16.5. The van der Waals surface area contributed by atoms with Crippen molar-refractivity contribution in [2.24, 2.45) is 0 Å². The molecule has 0 atom stereocenters. The molecule has 4 heteroatoms. The van der Waals surface area contributed by atoms with Crippen molar-refractivity contribution in [1.82, 2.24) is 0 Å². The van der Waals surface area contributed by atoms with Crippen LogP contribution in [0.4, 0.5) is 0 Å². The molecule has 40 heavy (non-hydrogen) atoms. The number of ether oxygens (including phenoxy) is 2. The van der Waals surface area contributed by atoms with Crippen molar-refractivity contribution in [2.75, 3.05) is 25.0 Å². The lowest BCUT2D eigenvalue weighted by Gasteiger charge is -2.49. The normalized spacial score (nSPS) is 10.2. The Morgan fingerprint density at radius 1 is 0.450 bits per heavy atom. The van der Waals surface area contributed by atoms with E-state index in [1.165, 1.54) is 12.5 Å². The third-order valence-electron chi connectivity index (χ3n) is 5.74. The molecule has 212 valence electrons. The SMILES string of the molecule is C=COC(c1ccccc1)(c1ccccc1)C(OC=C)(c1ccccc1)c1ccccc1.CC.CSC.CSC. The molecule has 0 fully saturated rings. The van der Waals surface area contributed by atoms with Crippen LogP contribution in [0.25, 0.3) is 0 Å². The molecule has 0 amide bonds. The van der Waals surface area contributed by atoms with Gasteiger partial charge in [0, 0.05) is 22.3 Å². The highest BCUT2D eigenvalue weighted by Gasteiger charge is 2.59. The first kappa shape index (κ1) is 34.7. The van der Waals surface area contributed by atoms with Crippen LogP contribution < -0.4 is 0 Å². The van der Waals surface area contributed by atoms with Crippen molar-refractivity contribution in [2.45, 2.75) is 25.0 Å². The molecule has 0 aromatic heterocycles. The van der Waals surface area contributed by atoms with Crippen LogP contribution in [0.5, 0.6) is 0 Å². The van der Waals surface area contributed by atoms with Crippen molar-refractivity contribution in [3.05, 3.63) is 169 Å². The minimum absolute atomic E-state index is 0.931. The molecule has 0 saturated heterocycles. The molecule has 4 aromatic rings. The average molecular weight is 573 g/mol. The Morgan fingerprint density at radius 3 is 0.775 bits per heavy atom. The summed E-state index contributed by atoms with van der Waals surface area (Å²) >= 11 is 3.50. The molecule has 0 unspecified atom stereocenters. The zero-order valence-electron chi connectivity index (χ0n) is 24.7. The molecule has 4 aromatic carbocycles. The van der Waals surface area contributed by atoms with Crippen LogP contribution in [-0.4, -0.2) is 25.0 Å². The predicted octanol–water partition coefficient (Wildman–Crippen LogP) is 10.2. The van der Waals surface area contributed by atoms with E-state index >= 15 is 0 Å². The standard InChI is InChI=1S/C30H26O2.2C2H6S.C2H6/c1-3-31-29(25-17-9-5-10-18-25,26-19-11-6-12-20-26)30(32-4-2,27-21-13-7-14-22-27)28-23-15-8-16-24-28;2*1-3-2;1-2/h3-24H,1-2H2;2*1-2H3;1-2H3. The molecule has 0 aliphatic rings. The number of rotatable bonds is 9.